The summed E-state index contributed by atoms with van der Waals surface area (Å²) in [5.74, 6) is 0.0286. The van der Waals surface area contributed by atoms with Crippen LogP contribution in [0.5, 0.6) is 0 Å². The maximum atomic E-state index is 12.3. The Bertz CT molecular complexity index is 825. The number of rotatable bonds is 1. The van der Waals surface area contributed by atoms with E-state index in [-0.39, 0.29) is 18.0 Å². The fourth-order valence-corrected chi connectivity index (χ4v) is 3.22. The zero-order valence-electron chi connectivity index (χ0n) is 12.8. The molecule has 0 aromatic heterocycles. The second-order valence-electron chi connectivity index (χ2n) is 5.76. The fourth-order valence-electron chi connectivity index (χ4n) is 3.22. The molecule has 2 unspecified atom stereocenters. The fraction of sp³-hybridized carbons (Fsp3) is 0.158. The lowest BCUT2D eigenvalue weighted by Gasteiger charge is -2.38. The molecule has 2 atom stereocenters. The minimum Gasteiger partial charge on any atom is -0.373 e. The summed E-state index contributed by atoms with van der Waals surface area (Å²) < 4.78 is 0. The van der Waals surface area contributed by atoms with Gasteiger partial charge in [0.25, 0.3) is 0 Å². The summed E-state index contributed by atoms with van der Waals surface area (Å²) in [4.78, 5) is 18.7. The van der Waals surface area contributed by atoms with Crippen molar-refractivity contribution in [3.8, 4) is 0 Å². The van der Waals surface area contributed by atoms with Gasteiger partial charge in [-0.2, -0.15) is 0 Å². The first kappa shape index (κ1) is 13.8. The molecule has 2 aromatic rings. The van der Waals surface area contributed by atoms with Crippen LogP contribution in [0.15, 0.2) is 59.6 Å². The molecule has 0 fully saturated rings. The van der Waals surface area contributed by atoms with Crippen molar-refractivity contribution in [2.45, 2.75) is 19.0 Å². The van der Waals surface area contributed by atoms with Gasteiger partial charge in [0.1, 0.15) is 0 Å². The number of amides is 1. The van der Waals surface area contributed by atoms with Gasteiger partial charge in [-0.05, 0) is 23.8 Å². The second-order valence-corrected chi connectivity index (χ2v) is 5.76. The predicted molar refractivity (Wildman–Crippen MR) is 94.4 cm³/mol. The summed E-state index contributed by atoms with van der Waals surface area (Å²) >= 11 is 0. The van der Waals surface area contributed by atoms with Crippen LogP contribution >= 0.6 is 0 Å². The maximum Gasteiger partial charge on any atom is 0.224 e. The molecule has 2 aliphatic heterocycles. The first-order valence-electron chi connectivity index (χ1n) is 7.71. The van der Waals surface area contributed by atoms with Gasteiger partial charge in [0.15, 0.2) is 0 Å². The van der Waals surface area contributed by atoms with Crippen molar-refractivity contribution < 1.29 is 4.79 Å². The topological polar surface area (TPSA) is 44.7 Å². The zero-order chi connectivity index (χ0) is 15.8. The van der Waals surface area contributed by atoms with Crippen molar-refractivity contribution in [3.63, 3.8) is 0 Å². The number of nitrogens with zero attached hydrogens (tertiary/aromatic N) is 2. The van der Waals surface area contributed by atoms with Crippen LogP contribution in [-0.4, -0.2) is 24.2 Å². The quantitative estimate of drug-likeness (QED) is 0.874. The molecule has 0 aliphatic carbocycles. The maximum absolute atomic E-state index is 12.3. The van der Waals surface area contributed by atoms with Gasteiger partial charge in [0.05, 0.1) is 29.1 Å². The number of fused-ring (bicyclic) bond motifs is 2. The standard InChI is InChI=1S/C19H17N3O/c1-13(23)22-18-9-5-2-6-14(18)10-11-19(22)17-12-20-15-7-3-4-8-16(15)21-17/h2-12,17,19,21H,1H3. The average Bonchev–Trinajstić information content (AvgIpc) is 2.60. The summed E-state index contributed by atoms with van der Waals surface area (Å²) in [6.07, 6.45) is 6.04. The van der Waals surface area contributed by atoms with E-state index in [0.717, 1.165) is 22.6 Å². The Labute approximate surface area is 135 Å². The van der Waals surface area contributed by atoms with Crippen molar-refractivity contribution in [1.29, 1.82) is 0 Å². The molecule has 2 aromatic carbocycles. The van der Waals surface area contributed by atoms with Crippen LogP contribution < -0.4 is 10.2 Å². The van der Waals surface area contributed by atoms with Gasteiger partial charge >= 0.3 is 0 Å². The first-order chi connectivity index (χ1) is 11.2. The number of aliphatic imine (C=N–C) groups is 1. The molecule has 0 saturated heterocycles. The highest BCUT2D eigenvalue weighted by Gasteiger charge is 2.32. The molecule has 23 heavy (non-hydrogen) atoms. The van der Waals surface area contributed by atoms with E-state index in [1.54, 1.807) is 6.92 Å². The number of carbonyl (C=O) groups is 1. The van der Waals surface area contributed by atoms with E-state index in [2.05, 4.69) is 22.5 Å². The minimum absolute atomic E-state index is 0.0286. The largest absolute Gasteiger partial charge is 0.373 e. The molecule has 4 rings (SSSR count). The Balaban J connectivity index is 1.71. The lowest BCUT2D eigenvalue weighted by atomic mass is 9.97. The highest BCUT2D eigenvalue weighted by molar-refractivity contribution is 5.98. The predicted octanol–water partition coefficient (Wildman–Crippen LogP) is 3.63. The molecule has 4 nitrogen and oxygen atoms in total. The van der Waals surface area contributed by atoms with E-state index in [1.807, 2.05) is 59.6 Å². The van der Waals surface area contributed by atoms with Crippen LogP contribution in [0.1, 0.15) is 12.5 Å². The van der Waals surface area contributed by atoms with Gasteiger partial charge < -0.3 is 10.2 Å². The molecule has 114 valence electrons. The van der Waals surface area contributed by atoms with E-state index in [9.17, 15) is 4.79 Å². The summed E-state index contributed by atoms with van der Waals surface area (Å²) in [5, 5.41) is 3.49. The van der Waals surface area contributed by atoms with Crippen LogP contribution in [0.4, 0.5) is 17.1 Å². The summed E-state index contributed by atoms with van der Waals surface area (Å²) in [6, 6.07) is 15.7. The van der Waals surface area contributed by atoms with Gasteiger partial charge in [-0.1, -0.05) is 42.5 Å². The van der Waals surface area contributed by atoms with E-state index < -0.39 is 0 Å². The van der Waals surface area contributed by atoms with Gasteiger partial charge in [-0.3, -0.25) is 9.79 Å². The van der Waals surface area contributed by atoms with Crippen LogP contribution in [0.3, 0.4) is 0 Å². The summed E-state index contributed by atoms with van der Waals surface area (Å²) in [5.41, 5.74) is 3.93. The van der Waals surface area contributed by atoms with Crippen LogP contribution in [0, 0.1) is 0 Å². The first-order valence-corrected chi connectivity index (χ1v) is 7.71. The molecule has 2 aliphatic rings. The lowest BCUT2D eigenvalue weighted by molar-refractivity contribution is -0.116. The number of nitrogens with one attached hydrogen (secondary N) is 1. The van der Waals surface area contributed by atoms with Crippen molar-refractivity contribution in [3.05, 3.63) is 60.2 Å². The average molecular weight is 303 g/mol. The lowest BCUT2D eigenvalue weighted by Crippen LogP contribution is -2.50. The monoisotopic (exact) mass is 303 g/mol. The highest BCUT2D eigenvalue weighted by Crippen LogP contribution is 2.33. The van der Waals surface area contributed by atoms with Crippen LogP contribution in [0.25, 0.3) is 6.08 Å². The molecule has 0 saturated carbocycles. The minimum atomic E-state index is -0.0977. The van der Waals surface area contributed by atoms with Crippen molar-refractivity contribution in [2.24, 2.45) is 4.99 Å². The second kappa shape index (κ2) is 5.39. The number of benzene rings is 2. The van der Waals surface area contributed by atoms with Gasteiger partial charge in [0.2, 0.25) is 5.91 Å². The van der Waals surface area contributed by atoms with Crippen molar-refractivity contribution in [1.82, 2.24) is 0 Å². The van der Waals surface area contributed by atoms with Crippen LogP contribution in [0.2, 0.25) is 0 Å². The number of hydrogen-bond donors (Lipinski definition) is 1. The number of para-hydroxylation sites is 3. The van der Waals surface area contributed by atoms with Crippen molar-refractivity contribution in [2.75, 3.05) is 10.2 Å². The Morgan fingerprint density at radius 3 is 2.78 bits per heavy atom. The summed E-state index contributed by atoms with van der Waals surface area (Å²) in [6.45, 7) is 1.61. The molecule has 0 radical (unpaired) electrons. The van der Waals surface area contributed by atoms with E-state index in [0.29, 0.717) is 0 Å². The van der Waals surface area contributed by atoms with Crippen molar-refractivity contribution >= 4 is 35.3 Å². The van der Waals surface area contributed by atoms with E-state index >= 15 is 0 Å². The molecule has 2 heterocycles. The number of anilines is 2. The molecule has 0 bridgehead atoms. The third-order valence-corrected chi connectivity index (χ3v) is 4.28. The van der Waals surface area contributed by atoms with Gasteiger partial charge in [-0.25, -0.2) is 0 Å². The Morgan fingerprint density at radius 2 is 1.91 bits per heavy atom. The van der Waals surface area contributed by atoms with Gasteiger partial charge in [-0.15, -0.1) is 0 Å². The van der Waals surface area contributed by atoms with E-state index in [4.69, 9.17) is 0 Å². The SMILES string of the molecule is CC(=O)N1c2ccccc2C=CC1C1C=Nc2ccccc2N1. The third-order valence-electron chi connectivity index (χ3n) is 4.28. The van der Waals surface area contributed by atoms with E-state index in [1.165, 1.54) is 0 Å². The molecule has 1 N–H and O–H groups in total. The molecule has 4 heteroatoms. The van der Waals surface area contributed by atoms with Gasteiger partial charge in [0, 0.05) is 13.1 Å². The Hall–Kier alpha value is -2.88. The third kappa shape index (κ3) is 2.32. The van der Waals surface area contributed by atoms with Crippen LogP contribution in [-0.2, 0) is 4.79 Å². The smallest absolute Gasteiger partial charge is 0.224 e. The zero-order valence-corrected chi connectivity index (χ0v) is 12.8. The molecular formula is C19H17N3O. The number of carbonyl (C=O) groups excluding carboxylic acids is 1. The number of hydrogen-bond acceptors (Lipinski definition) is 3. The summed E-state index contributed by atoms with van der Waals surface area (Å²) in [7, 11) is 0. The normalized spacial score (nSPS) is 21.3. The highest BCUT2D eigenvalue weighted by atomic mass is 16.2. The molecular weight excluding hydrogens is 286 g/mol. The Kier molecular flexibility index (Phi) is 3.23. The molecule has 0 spiro atoms. The Morgan fingerprint density at radius 1 is 1.13 bits per heavy atom. The molecule has 1 amide bonds.